The number of amides is 2. The maximum Gasteiger partial charge on any atom is 0.272 e. The molecule has 1 atom stereocenters. The van der Waals surface area contributed by atoms with Crippen LogP contribution in [0.15, 0.2) is 18.2 Å². The summed E-state index contributed by atoms with van der Waals surface area (Å²) >= 11 is 0. The number of imidazole rings is 1. The molecule has 3 rings (SSSR count). The van der Waals surface area contributed by atoms with Crippen LogP contribution in [0.5, 0.6) is 0 Å². The Balaban J connectivity index is 1.96. The Morgan fingerprint density at radius 3 is 2.65 bits per heavy atom. The minimum absolute atomic E-state index is 0.0342. The van der Waals surface area contributed by atoms with Gasteiger partial charge < -0.3 is 19.9 Å². The Hall–Kier alpha value is -2.88. The van der Waals surface area contributed by atoms with Gasteiger partial charge in [-0.15, -0.1) is 0 Å². The second kappa shape index (κ2) is 9.09. The Morgan fingerprint density at radius 2 is 2.00 bits per heavy atom. The first-order valence-corrected chi connectivity index (χ1v) is 9.90. The number of rotatable bonds is 6. The summed E-state index contributed by atoms with van der Waals surface area (Å²) in [5.41, 5.74) is 0.163. The van der Waals surface area contributed by atoms with E-state index in [0.29, 0.717) is 30.2 Å². The van der Waals surface area contributed by atoms with Gasteiger partial charge in [0.15, 0.2) is 17.3 Å². The molecule has 7 nitrogen and oxygen atoms in total. The lowest BCUT2D eigenvalue weighted by atomic mass is 9.86. The van der Waals surface area contributed by atoms with E-state index in [4.69, 9.17) is 4.74 Å². The van der Waals surface area contributed by atoms with Gasteiger partial charge in [-0.2, -0.15) is 0 Å². The molecule has 168 valence electrons. The lowest BCUT2D eigenvalue weighted by Crippen LogP contribution is -2.54. The van der Waals surface area contributed by atoms with Crippen LogP contribution < -0.4 is 10.6 Å². The zero-order valence-corrected chi connectivity index (χ0v) is 17.6. The summed E-state index contributed by atoms with van der Waals surface area (Å²) in [5.74, 6) is -2.83. The number of benzene rings is 1. The first-order valence-electron chi connectivity index (χ1n) is 9.90. The molecule has 0 spiro atoms. The molecular weight excluding hydrogens is 413 g/mol. The number of hydrogen-bond acceptors (Lipinski definition) is 4. The average molecular weight is 438 g/mol. The first-order chi connectivity index (χ1) is 14.6. The van der Waals surface area contributed by atoms with Crippen LogP contribution in [0.3, 0.4) is 0 Å². The Kier molecular flexibility index (Phi) is 6.68. The highest BCUT2D eigenvalue weighted by Gasteiger charge is 2.35. The molecule has 0 saturated heterocycles. The SMILES string of the molecule is CC(C)(C)[C@H](NC(=O)c1nc(-c2ccc(F)c(F)c2)n2c1COCC2)C(=O)NCCF. The van der Waals surface area contributed by atoms with Crippen LogP contribution in [0.2, 0.25) is 0 Å². The summed E-state index contributed by atoms with van der Waals surface area (Å²) in [4.78, 5) is 29.9. The first kappa shape index (κ1) is 22.8. The Morgan fingerprint density at radius 1 is 1.26 bits per heavy atom. The van der Waals surface area contributed by atoms with E-state index in [1.165, 1.54) is 6.07 Å². The Labute approximate surface area is 178 Å². The van der Waals surface area contributed by atoms with E-state index in [0.717, 1.165) is 12.1 Å². The highest BCUT2D eigenvalue weighted by Crippen LogP contribution is 2.27. The molecular formula is C21H25F3N4O3. The van der Waals surface area contributed by atoms with Crippen LogP contribution in [0.1, 0.15) is 37.0 Å². The van der Waals surface area contributed by atoms with Crippen molar-refractivity contribution >= 4 is 11.8 Å². The maximum atomic E-state index is 13.8. The molecule has 10 heteroatoms. The fraction of sp³-hybridized carbons (Fsp3) is 0.476. The van der Waals surface area contributed by atoms with Gasteiger partial charge in [0, 0.05) is 18.7 Å². The fourth-order valence-corrected chi connectivity index (χ4v) is 3.38. The van der Waals surface area contributed by atoms with E-state index in [1.807, 2.05) is 0 Å². The summed E-state index contributed by atoms with van der Waals surface area (Å²) in [5, 5.41) is 5.12. The molecule has 0 aliphatic carbocycles. The number of nitrogens with zero attached hydrogens (tertiary/aromatic N) is 2. The third-order valence-corrected chi connectivity index (χ3v) is 4.96. The van der Waals surface area contributed by atoms with Crippen molar-refractivity contribution in [2.45, 2.75) is 40.0 Å². The second-order valence-corrected chi connectivity index (χ2v) is 8.32. The molecule has 1 aromatic carbocycles. The van der Waals surface area contributed by atoms with Crippen molar-refractivity contribution in [3.8, 4) is 11.4 Å². The van der Waals surface area contributed by atoms with Gasteiger partial charge in [-0.05, 0) is 23.6 Å². The minimum Gasteiger partial charge on any atom is -0.373 e. The molecule has 0 unspecified atom stereocenters. The molecule has 2 N–H and O–H groups in total. The molecule has 2 heterocycles. The van der Waals surface area contributed by atoms with Crippen LogP contribution in [0, 0.1) is 17.0 Å². The summed E-state index contributed by atoms with van der Waals surface area (Å²) in [6.45, 7) is 5.28. The average Bonchev–Trinajstić information content (AvgIpc) is 3.11. The van der Waals surface area contributed by atoms with E-state index in [2.05, 4.69) is 15.6 Å². The van der Waals surface area contributed by atoms with Crippen molar-refractivity contribution < 1.29 is 27.5 Å². The Bertz CT molecular complexity index is 985. The van der Waals surface area contributed by atoms with Crippen LogP contribution in [-0.4, -0.2) is 47.2 Å². The number of alkyl halides is 1. The number of hydrogen-bond donors (Lipinski definition) is 2. The van der Waals surface area contributed by atoms with E-state index >= 15 is 0 Å². The van der Waals surface area contributed by atoms with E-state index < -0.39 is 41.6 Å². The molecule has 2 amide bonds. The van der Waals surface area contributed by atoms with E-state index in [9.17, 15) is 22.8 Å². The number of ether oxygens (including phenoxy) is 1. The van der Waals surface area contributed by atoms with E-state index in [1.54, 1.807) is 25.3 Å². The van der Waals surface area contributed by atoms with Gasteiger partial charge in [0.2, 0.25) is 5.91 Å². The largest absolute Gasteiger partial charge is 0.373 e. The lowest BCUT2D eigenvalue weighted by Gasteiger charge is -2.30. The van der Waals surface area contributed by atoms with Crippen molar-refractivity contribution in [3.63, 3.8) is 0 Å². The predicted octanol–water partition coefficient (Wildman–Crippen LogP) is 2.59. The molecule has 0 radical (unpaired) electrons. The third kappa shape index (κ3) is 4.90. The monoisotopic (exact) mass is 438 g/mol. The van der Waals surface area contributed by atoms with Crippen molar-refractivity contribution in [3.05, 3.63) is 41.2 Å². The molecule has 2 aromatic rings. The molecule has 0 fully saturated rings. The predicted molar refractivity (Wildman–Crippen MR) is 107 cm³/mol. The standard InChI is InChI=1S/C21H25F3N4O3/c1-21(2,3)17(20(30)25-7-6-22)27-19(29)16-15-11-31-9-8-28(15)18(26-16)12-4-5-13(23)14(24)10-12/h4-5,10,17H,6-9,11H2,1-3H3,(H,25,30)(H,27,29)/t17-/m1/s1. The van der Waals surface area contributed by atoms with Crippen LogP contribution in [-0.2, 0) is 22.7 Å². The normalized spacial score (nSPS) is 14.6. The molecule has 1 aromatic heterocycles. The van der Waals surface area contributed by atoms with Crippen LogP contribution >= 0.6 is 0 Å². The molecule has 0 bridgehead atoms. The molecule has 31 heavy (non-hydrogen) atoms. The summed E-state index contributed by atoms with van der Waals surface area (Å²) < 4.78 is 46.8. The smallest absolute Gasteiger partial charge is 0.272 e. The third-order valence-electron chi connectivity index (χ3n) is 4.96. The van der Waals surface area contributed by atoms with Gasteiger partial charge in [0.25, 0.3) is 5.91 Å². The number of carbonyl (C=O) groups excluding carboxylic acids is 2. The van der Waals surface area contributed by atoms with E-state index in [-0.39, 0.29) is 18.8 Å². The van der Waals surface area contributed by atoms with Crippen molar-refractivity contribution in [1.82, 2.24) is 20.2 Å². The summed E-state index contributed by atoms with van der Waals surface area (Å²) in [7, 11) is 0. The van der Waals surface area contributed by atoms with Gasteiger partial charge in [-0.1, -0.05) is 20.8 Å². The maximum absolute atomic E-state index is 13.8. The van der Waals surface area contributed by atoms with Crippen molar-refractivity contribution in [1.29, 1.82) is 0 Å². The number of carbonyl (C=O) groups is 2. The van der Waals surface area contributed by atoms with Crippen molar-refractivity contribution in [2.75, 3.05) is 19.8 Å². The van der Waals surface area contributed by atoms with Gasteiger partial charge in [0.05, 0.1) is 18.9 Å². The molecule has 1 aliphatic heterocycles. The number of fused-ring (bicyclic) bond motifs is 1. The number of halogens is 3. The molecule has 0 saturated carbocycles. The highest BCUT2D eigenvalue weighted by molar-refractivity contribution is 5.97. The summed E-state index contributed by atoms with van der Waals surface area (Å²) in [6, 6.07) is 2.45. The van der Waals surface area contributed by atoms with Crippen LogP contribution in [0.25, 0.3) is 11.4 Å². The van der Waals surface area contributed by atoms with Gasteiger partial charge in [0.1, 0.15) is 18.5 Å². The highest BCUT2D eigenvalue weighted by atomic mass is 19.2. The molecule has 1 aliphatic rings. The number of nitrogens with one attached hydrogen (secondary N) is 2. The topological polar surface area (TPSA) is 85.2 Å². The second-order valence-electron chi connectivity index (χ2n) is 8.32. The minimum atomic E-state index is -1.02. The number of aromatic nitrogens is 2. The zero-order valence-electron chi connectivity index (χ0n) is 17.6. The fourth-order valence-electron chi connectivity index (χ4n) is 3.38. The van der Waals surface area contributed by atoms with Gasteiger partial charge >= 0.3 is 0 Å². The zero-order chi connectivity index (χ0) is 22.8. The van der Waals surface area contributed by atoms with Crippen molar-refractivity contribution in [2.24, 2.45) is 5.41 Å². The lowest BCUT2D eigenvalue weighted by molar-refractivity contribution is -0.125. The van der Waals surface area contributed by atoms with Crippen LogP contribution in [0.4, 0.5) is 13.2 Å². The summed E-state index contributed by atoms with van der Waals surface area (Å²) in [6.07, 6.45) is 0. The van der Waals surface area contributed by atoms with Gasteiger partial charge in [-0.3, -0.25) is 9.59 Å². The quantitative estimate of drug-likeness (QED) is 0.726. The van der Waals surface area contributed by atoms with Gasteiger partial charge in [-0.25, -0.2) is 18.2 Å².